The van der Waals surface area contributed by atoms with Crippen molar-refractivity contribution < 1.29 is 19.0 Å². The number of nitrogens with one attached hydrogen (secondary N) is 2. The zero-order valence-electron chi connectivity index (χ0n) is 14.2. The van der Waals surface area contributed by atoms with Gasteiger partial charge < -0.3 is 24.8 Å². The molecule has 0 saturated heterocycles. The van der Waals surface area contributed by atoms with E-state index in [-0.39, 0.29) is 12.8 Å². The van der Waals surface area contributed by atoms with Gasteiger partial charge in [-0.1, -0.05) is 17.7 Å². The van der Waals surface area contributed by atoms with E-state index < -0.39 is 0 Å². The molecule has 25 heavy (non-hydrogen) atoms. The number of rotatable bonds is 8. The van der Waals surface area contributed by atoms with E-state index in [0.29, 0.717) is 35.2 Å². The van der Waals surface area contributed by atoms with Crippen molar-refractivity contribution in [2.45, 2.75) is 6.42 Å². The largest absolute Gasteiger partial charge is 0.493 e. The minimum atomic E-state index is -0.297. The Morgan fingerprint density at radius 3 is 2.40 bits per heavy atom. The van der Waals surface area contributed by atoms with E-state index in [4.69, 9.17) is 25.8 Å². The Morgan fingerprint density at radius 1 is 1.00 bits per heavy atom. The highest BCUT2D eigenvalue weighted by molar-refractivity contribution is 6.30. The highest BCUT2D eigenvalue weighted by atomic mass is 35.5. The molecule has 0 radical (unpaired) electrons. The Kier molecular flexibility index (Phi) is 7.22. The number of methoxy groups -OCH3 is 2. The Labute approximate surface area is 152 Å². The average molecular weight is 365 g/mol. The number of halogens is 1. The highest BCUT2D eigenvalue weighted by Gasteiger charge is 2.05. The van der Waals surface area contributed by atoms with Crippen LogP contribution in [0.25, 0.3) is 0 Å². The number of amides is 2. The molecule has 0 fully saturated rings. The summed E-state index contributed by atoms with van der Waals surface area (Å²) in [6.07, 6.45) is 0.672. The fraction of sp³-hybridized carbons (Fsp3) is 0.278. The number of hydrogen-bond donors (Lipinski definition) is 2. The second-order valence-corrected chi connectivity index (χ2v) is 5.55. The zero-order valence-corrected chi connectivity index (χ0v) is 14.9. The minimum Gasteiger partial charge on any atom is -0.493 e. The molecule has 0 aliphatic carbocycles. The van der Waals surface area contributed by atoms with Crippen LogP contribution in [0, 0.1) is 0 Å². The van der Waals surface area contributed by atoms with Gasteiger partial charge in [0.25, 0.3) is 0 Å². The van der Waals surface area contributed by atoms with Crippen molar-refractivity contribution >= 4 is 17.6 Å². The molecule has 0 aliphatic heterocycles. The topological polar surface area (TPSA) is 68.8 Å². The van der Waals surface area contributed by atoms with Gasteiger partial charge in [-0.3, -0.25) is 0 Å². The molecule has 2 aromatic carbocycles. The molecule has 2 aromatic rings. The van der Waals surface area contributed by atoms with Crippen molar-refractivity contribution in [3.63, 3.8) is 0 Å². The van der Waals surface area contributed by atoms with E-state index >= 15 is 0 Å². The third-order valence-corrected chi connectivity index (χ3v) is 3.68. The van der Waals surface area contributed by atoms with Gasteiger partial charge in [0.15, 0.2) is 18.2 Å². The summed E-state index contributed by atoms with van der Waals surface area (Å²) < 4.78 is 15.8. The maximum Gasteiger partial charge on any atom is 0.317 e. The minimum absolute atomic E-state index is 0.0732. The highest BCUT2D eigenvalue weighted by Crippen LogP contribution is 2.27. The van der Waals surface area contributed by atoms with Crippen LogP contribution >= 0.6 is 11.6 Å². The lowest BCUT2D eigenvalue weighted by atomic mass is 10.1. The maximum atomic E-state index is 11.7. The molecule has 2 rings (SSSR count). The van der Waals surface area contributed by atoms with Crippen LogP contribution in [0.4, 0.5) is 4.79 Å². The number of ether oxygens (including phenoxy) is 3. The normalized spacial score (nSPS) is 10.0. The van der Waals surface area contributed by atoms with Crippen LogP contribution in [0.1, 0.15) is 5.56 Å². The molecule has 0 aliphatic rings. The first kappa shape index (κ1) is 18.7. The summed E-state index contributed by atoms with van der Waals surface area (Å²) in [5, 5.41) is 6.02. The van der Waals surface area contributed by atoms with Crippen molar-refractivity contribution in [3.05, 3.63) is 53.1 Å². The van der Waals surface area contributed by atoms with Gasteiger partial charge in [-0.05, 0) is 48.4 Å². The van der Waals surface area contributed by atoms with Crippen LogP contribution in [0.2, 0.25) is 5.02 Å². The van der Waals surface area contributed by atoms with Crippen LogP contribution in [0.3, 0.4) is 0 Å². The van der Waals surface area contributed by atoms with E-state index in [1.807, 2.05) is 18.2 Å². The lowest BCUT2D eigenvalue weighted by Gasteiger charge is -2.11. The molecule has 0 unspecified atom stereocenters. The fourth-order valence-corrected chi connectivity index (χ4v) is 2.26. The van der Waals surface area contributed by atoms with Crippen molar-refractivity contribution in [2.75, 3.05) is 27.5 Å². The van der Waals surface area contributed by atoms with Gasteiger partial charge in [0, 0.05) is 11.6 Å². The Hall–Kier alpha value is -2.60. The monoisotopic (exact) mass is 364 g/mol. The van der Waals surface area contributed by atoms with Crippen molar-refractivity contribution in [1.29, 1.82) is 0 Å². The number of urea groups is 1. The van der Waals surface area contributed by atoms with Gasteiger partial charge in [-0.15, -0.1) is 0 Å². The second-order valence-electron chi connectivity index (χ2n) is 5.11. The summed E-state index contributed by atoms with van der Waals surface area (Å²) in [4.78, 5) is 11.7. The predicted molar refractivity (Wildman–Crippen MR) is 96.7 cm³/mol. The average Bonchev–Trinajstić information content (AvgIpc) is 2.63. The maximum absolute atomic E-state index is 11.7. The van der Waals surface area contributed by atoms with Crippen molar-refractivity contribution in [2.24, 2.45) is 0 Å². The molecule has 0 atom stereocenters. The van der Waals surface area contributed by atoms with Crippen LogP contribution in [-0.4, -0.2) is 33.5 Å². The second kappa shape index (κ2) is 9.64. The smallest absolute Gasteiger partial charge is 0.317 e. The number of hydrogen-bond acceptors (Lipinski definition) is 4. The lowest BCUT2D eigenvalue weighted by molar-refractivity contribution is 0.224. The van der Waals surface area contributed by atoms with Gasteiger partial charge in [0.1, 0.15) is 5.75 Å². The third kappa shape index (κ3) is 6.08. The van der Waals surface area contributed by atoms with Crippen LogP contribution in [-0.2, 0) is 6.42 Å². The van der Waals surface area contributed by atoms with Gasteiger partial charge in [0.2, 0.25) is 0 Å². The first-order valence-corrected chi connectivity index (χ1v) is 8.11. The molecule has 2 amide bonds. The molecule has 0 spiro atoms. The van der Waals surface area contributed by atoms with Crippen LogP contribution in [0.15, 0.2) is 42.5 Å². The molecule has 6 nitrogen and oxygen atoms in total. The molecule has 134 valence electrons. The van der Waals surface area contributed by atoms with Crippen LogP contribution in [0.5, 0.6) is 17.2 Å². The summed E-state index contributed by atoms with van der Waals surface area (Å²) in [7, 11) is 3.18. The third-order valence-electron chi connectivity index (χ3n) is 3.43. The molecular formula is C18H21ClN2O4. The number of benzene rings is 2. The first-order chi connectivity index (χ1) is 12.1. The standard InChI is InChI=1S/C18H21ClN2O4/c1-23-16-8-3-13(11-17(16)24-2)9-10-20-18(22)21-12-25-15-6-4-14(19)5-7-15/h3-8,11H,9-10,12H2,1-2H3,(H2,20,21,22). The molecule has 0 aromatic heterocycles. The summed E-state index contributed by atoms with van der Waals surface area (Å²) in [6, 6.07) is 12.3. The van der Waals surface area contributed by atoms with Gasteiger partial charge in [-0.25, -0.2) is 4.79 Å². The molecule has 2 N–H and O–H groups in total. The summed E-state index contributed by atoms with van der Waals surface area (Å²) >= 11 is 5.79. The predicted octanol–water partition coefficient (Wildman–Crippen LogP) is 3.24. The van der Waals surface area contributed by atoms with E-state index in [1.165, 1.54) is 0 Å². The van der Waals surface area contributed by atoms with Crippen LogP contribution < -0.4 is 24.8 Å². The zero-order chi connectivity index (χ0) is 18.1. The fourth-order valence-electron chi connectivity index (χ4n) is 2.13. The van der Waals surface area contributed by atoms with Gasteiger partial charge in [-0.2, -0.15) is 0 Å². The van der Waals surface area contributed by atoms with Gasteiger partial charge >= 0.3 is 6.03 Å². The van der Waals surface area contributed by atoms with E-state index in [1.54, 1.807) is 38.5 Å². The quantitative estimate of drug-likeness (QED) is 0.705. The molecule has 7 heteroatoms. The first-order valence-electron chi connectivity index (χ1n) is 7.73. The van der Waals surface area contributed by atoms with E-state index in [0.717, 1.165) is 5.56 Å². The van der Waals surface area contributed by atoms with E-state index in [2.05, 4.69) is 10.6 Å². The van der Waals surface area contributed by atoms with Crippen molar-refractivity contribution in [1.82, 2.24) is 10.6 Å². The Morgan fingerprint density at radius 2 is 1.72 bits per heavy atom. The molecule has 0 saturated carbocycles. The number of carbonyl (C=O) groups is 1. The SMILES string of the molecule is COc1ccc(CCNC(=O)NCOc2ccc(Cl)cc2)cc1OC. The lowest BCUT2D eigenvalue weighted by Crippen LogP contribution is -2.38. The molecular weight excluding hydrogens is 344 g/mol. The summed E-state index contributed by atoms with van der Waals surface area (Å²) in [5.41, 5.74) is 1.04. The van der Waals surface area contributed by atoms with Gasteiger partial charge in [0.05, 0.1) is 14.2 Å². The Bertz CT molecular complexity index is 692. The van der Waals surface area contributed by atoms with E-state index in [9.17, 15) is 4.79 Å². The summed E-state index contributed by atoms with van der Waals surface area (Å²) in [5.74, 6) is 1.98. The Balaban J connectivity index is 1.69. The van der Waals surface area contributed by atoms with Crippen molar-refractivity contribution in [3.8, 4) is 17.2 Å². The molecule has 0 bridgehead atoms. The molecule has 0 heterocycles. The summed E-state index contributed by atoms with van der Waals surface area (Å²) in [6.45, 7) is 0.562. The number of carbonyl (C=O) groups excluding carboxylic acids is 1.